The molecule has 2 rings (SSSR count). The summed E-state index contributed by atoms with van der Waals surface area (Å²) >= 11 is 0. The maximum absolute atomic E-state index is 3.70. The second kappa shape index (κ2) is 6.98. The van der Waals surface area contributed by atoms with E-state index in [1.54, 1.807) is 0 Å². The third-order valence-corrected chi connectivity index (χ3v) is 3.95. The van der Waals surface area contributed by atoms with Gasteiger partial charge < -0.3 is 15.1 Å². The molecule has 3 nitrogen and oxygen atoms in total. The summed E-state index contributed by atoms with van der Waals surface area (Å²) in [4.78, 5) is 4.71. The van der Waals surface area contributed by atoms with Gasteiger partial charge in [-0.3, -0.25) is 0 Å². The van der Waals surface area contributed by atoms with Crippen LogP contribution in [0, 0.1) is 5.92 Å². The minimum atomic E-state index is 0.612. The van der Waals surface area contributed by atoms with Gasteiger partial charge in [-0.15, -0.1) is 0 Å². The molecule has 1 atom stereocenters. The van der Waals surface area contributed by atoms with Gasteiger partial charge in [0.25, 0.3) is 0 Å². The van der Waals surface area contributed by atoms with Gasteiger partial charge in [-0.2, -0.15) is 0 Å². The van der Waals surface area contributed by atoms with E-state index in [-0.39, 0.29) is 0 Å². The van der Waals surface area contributed by atoms with Crippen molar-refractivity contribution >= 4 is 11.4 Å². The van der Waals surface area contributed by atoms with E-state index in [0.717, 1.165) is 25.6 Å². The number of anilines is 2. The molecule has 0 saturated carbocycles. The number of rotatable bonds is 4. The van der Waals surface area contributed by atoms with Gasteiger partial charge in [0.1, 0.15) is 0 Å². The molecule has 1 aliphatic rings. The highest BCUT2D eigenvalue weighted by molar-refractivity contribution is 5.59. The van der Waals surface area contributed by atoms with Crippen LogP contribution in [0.2, 0.25) is 0 Å². The van der Waals surface area contributed by atoms with E-state index in [2.05, 4.69) is 67.3 Å². The second-order valence-corrected chi connectivity index (χ2v) is 6.49. The first-order valence-electron chi connectivity index (χ1n) is 7.82. The van der Waals surface area contributed by atoms with Gasteiger partial charge in [0.2, 0.25) is 0 Å². The fraction of sp³-hybridized carbons (Fsp3) is 0.647. The smallest absolute Gasteiger partial charge is 0.0387 e. The summed E-state index contributed by atoms with van der Waals surface area (Å²) in [7, 11) is 4.20. The van der Waals surface area contributed by atoms with E-state index in [1.807, 2.05) is 0 Å². The van der Waals surface area contributed by atoms with Crippen LogP contribution in [0.4, 0.5) is 11.4 Å². The van der Waals surface area contributed by atoms with Crippen LogP contribution in [0.15, 0.2) is 24.3 Å². The summed E-state index contributed by atoms with van der Waals surface area (Å²) in [6, 6.07) is 9.49. The Labute approximate surface area is 124 Å². The lowest BCUT2D eigenvalue weighted by Crippen LogP contribution is -2.38. The molecule has 1 heterocycles. The Bertz CT molecular complexity index is 414. The lowest BCUT2D eigenvalue weighted by atomic mass is 10.0. The summed E-state index contributed by atoms with van der Waals surface area (Å²) in [5, 5.41) is 3.70. The third kappa shape index (κ3) is 4.14. The number of hydrogen-bond donors (Lipinski definition) is 1. The van der Waals surface area contributed by atoms with Crippen LogP contribution >= 0.6 is 0 Å². The van der Waals surface area contributed by atoms with Crippen molar-refractivity contribution in [3.63, 3.8) is 0 Å². The van der Waals surface area contributed by atoms with Crippen molar-refractivity contribution in [1.82, 2.24) is 5.32 Å². The molecule has 1 aliphatic heterocycles. The molecule has 3 heteroatoms. The summed E-state index contributed by atoms with van der Waals surface area (Å²) in [6.07, 6.45) is 2.48. The van der Waals surface area contributed by atoms with Crippen molar-refractivity contribution in [2.24, 2.45) is 5.92 Å². The monoisotopic (exact) mass is 275 g/mol. The molecule has 0 amide bonds. The normalized spacial score (nSPS) is 20.1. The molecule has 0 aromatic heterocycles. The number of nitrogens with zero attached hydrogens (tertiary/aromatic N) is 2. The molecule has 1 aromatic rings. The van der Waals surface area contributed by atoms with Gasteiger partial charge in [-0.05, 0) is 43.5 Å². The molecule has 0 radical (unpaired) electrons. The van der Waals surface area contributed by atoms with Crippen LogP contribution in [0.3, 0.4) is 0 Å². The van der Waals surface area contributed by atoms with Crippen LogP contribution in [0.5, 0.6) is 0 Å². The standard InChI is InChI=1S/C17H29N3/c1-14(2)11-15-13-20(10-6-9-18-15)17-8-5-7-16(12-17)19(3)4/h5,7-8,12,14-15,18H,6,9-11,13H2,1-4H3. The minimum Gasteiger partial charge on any atom is -0.378 e. The van der Waals surface area contributed by atoms with E-state index >= 15 is 0 Å². The van der Waals surface area contributed by atoms with E-state index < -0.39 is 0 Å². The highest BCUT2D eigenvalue weighted by Gasteiger charge is 2.19. The fourth-order valence-electron chi connectivity index (χ4n) is 2.93. The molecule has 0 aliphatic carbocycles. The average molecular weight is 275 g/mol. The Morgan fingerprint density at radius 1 is 1.35 bits per heavy atom. The van der Waals surface area contributed by atoms with Crippen LogP contribution in [-0.2, 0) is 0 Å². The van der Waals surface area contributed by atoms with E-state index in [9.17, 15) is 0 Å². The van der Waals surface area contributed by atoms with Gasteiger partial charge >= 0.3 is 0 Å². The molecule has 1 aromatic carbocycles. The molecule has 112 valence electrons. The van der Waals surface area contributed by atoms with Crippen molar-refractivity contribution in [3.8, 4) is 0 Å². The quantitative estimate of drug-likeness (QED) is 0.911. The lowest BCUT2D eigenvalue weighted by molar-refractivity contribution is 0.436. The second-order valence-electron chi connectivity index (χ2n) is 6.49. The van der Waals surface area contributed by atoms with Gasteiger partial charge in [0, 0.05) is 44.6 Å². The zero-order valence-electron chi connectivity index (χ0n) is 13.4. The van der Waals surface area contributed by atoms with Gasteiger partial charge in [-0.25, -0.2) is 0 Å². The third-order valence-electron chi connectivity index (χ3n) is 3.95. The lowest BCUT2D eigenvalue weighted by Gasteiger charge is -2.28. The number of nitrogens with one attached hydrogen (secondary N) is 1. The maximum Gasteiger partial charge on any atom is 0.0387 e. The van der Waals surface area contributed by atoms with Crippen LogP contribution < -0.4 is 15.1 Å². The summed E-state index contributed by atoms with van der Waals surface area (Å²) in [6.45, 7) is 8.03. The molecule has 1 saturated heterocycles. The van der Waals surface area contributed by atoms with Gasteiger partial charge in [0.05, 0.1) is 0 Å². The first kappa shape index (κ1) is 15.2. The first-order chi connectivity index (χ1) is 9.56. The summed E-state index contributed by atoms with van der Waals surface area (Å²) in [5.41, 5.74) is 2.63. The Kier molecular flexibility index (Phi) is 5.30. The Balaban J connectivity index is 2.11. The van der Waals surface area contributed by atoms with Crippen molar-refractivity contribution in [2.45, 2.75) is 32.7 Å². The van der Waals surface area contributed by atoms with Crippen molar-refractivity contribution in [2.75, 3.05) is 43.5 Å². The molecular weight excluding hydrogens is 246 g/mol. The number of benzene rings is 1. The largest absolute Gasteiger partial charge is 0.378 e. The highest BCUT2D eigenvalue weighted by Crippen LogP contribution is 2.23. The summed E-state index contributed by atoms with van der Waals surface area (Å²) < 4.78 is 0. The van der Waals surface area contributed by atoms with Crippen LogP contribution in [-0.4, -0.2) is 39.8 Å². The Morgan fingerprint density at radius 3 is 2.85 bits per heavy atom. The first-order valence-corrected chi connectivity index (χ1v) is 7.82. The van der Waals surface area contributed by atoms with Crippen molar-refractivity contribution in [3.05, 3.63) is 24.3 Å². The molecule has 1 unspecified atom stereocenters. The highest BCUT2D eigenvalue weighted by atomic mass is 15.2. The molecular formula is C17H29N3. The summed E-state index contributed by atoms with van der Waals surface area (Å²) in [5.74, 6) is 0.751. The minimum absolute atomic E-state index is 0.612. The Hall–Kier alpha value is -1.22. The van der Waals surface area contributed by atoms with E-state index in [0.29, 0.717) is 6.04 Å². The van der Waals surface area contributed by atoms with Crippen LogP contribution in [0.25, 0.3) is 0 Å². The van der Waals surface area contributed by atoms with E-state index in [4.69, 9.17) is 0 Å². The van der Waals surface area contributed by atoms with Gasteiger partial charge in [0.15, 0.2) is 0 Å². The molecule has 20 heavy (non-hydrogen) atoms. The Morgan fingerprint density at radius 2 is 2.15 bits per heavy atom. The molecule has 0 bridgehead atoms. The molecule has 1 fully saturated rings. The molecule has 0 spiro atoms. The van der Waals surface area contributed by atoms with E-state index in [1.165, 1.54) is 24.2 Å². The fourth-order valence-corrected chi connectivity index (χ4v) is 2.93. The average Bonchev–Trinajstić information content (AvgIpc) is 2.64. The SMILES string of the molecule is CC(C)CC1CN(c2cccc(N(C)C)c2)CCCN1. The topological polar surface area (TPSA) is 18.5 Å². The maximum atomic E-state index is 3.70. The molecule has 1 N–H and O–H groups in total. The van der Waals surface area contributed by atoms with Crippen molar-refractivity contribution < 1.29 is 0 Å². The number of hydrogen-bond acceptors (Lipinski definition) is 3. The predicted octanol–water partition coefficient (Wildman–Crippen LogP) is 2.97. The van der Waals surface area contributed by atoms with Crippen LogP contribution in [0.1, 0.15) is 26.7 Å². The zero-order valence-corrected chi connectivity index (χ0v) is 13.4. The van der Waals surface area contributed by atoms with Crippen molar-refractivity contribution in [1.29, 1.82) is 0 Å². The predicted molar refractivity (Wildman–Crippen MR) is 88.8 cm³/mol. The zero-order chi connectivity index (χ0) is 14.5. The van der Waals surface area contributed by atoms with Gasteiger partial charge in [-0.1, -0.05) is 19.9 Å².